The van der Waals surface area contributed by atoms with Crippen LogP contribution in [0, 0.1) is 5.41 Å². The van der Waals surface area contributed by atoms with Gasteiger partial charge in [0.25, 0.3) is 0 Å². The number of hydrogen-bond acceptors (Lipinski definition) is 2. The maximum Gasteiger partial charge on any atom is 0.113 e. The summed E-state index contributed by atoms with van der Waals surface area (Å²) in [6.45, 7) is 7.95. The molecule has 1 aliphatic rings. The average Bonchev–Trinajstić information content (AvgIpc) is 2.70. The Morgan fingerprint density at radius 1 is 1.53 bits per heavy atom. The van der Waals surface area contributed by atoms with E-state index in [-0.39, 0.29) is 6.04 Å². The van der Waals surface area contributed by atoms with Crippen LogP contribution in [-0.4, -0.2) is 15.6 Å². The number of aryl methyl sites for hydroxylation is 1. The zero-order valence-corrected chi connectivity index (χ0v) is 11.3. The van der Waals surface area contributed by atoms with Crippen molar-refractivity contribution in [3.63, 3.8) is 0 Å². The molecular weight excluding hydrogens is 210 g/mol. The molecule has 17 heavy (non-hydrogen) atoms. The third-order valence-corrected chi connectivity index (χ3v) is 3.99. The molecule has 0 aliphatic heterocycles. The van der Waals surface area contributed by atoms with Crippen molar-refractivity contribution >= 4 is 0 Å². The molecule has 1 saturated carbocycles. The van der Waals surface area contributed by atoms with Gasteiger partial charge in [0.1, 0.15) is 5.82 Å². The number of imidazole rings is 1. The van der Waals surface area contributed by atoms with Crippen molar-refractivity contribution in [3.05, 3.63) is 18.2 Å². The molecule has 96 valence electrons. The van der Waals surface area contributed by atoms with Gasteiger partial charge < -0.3 is 10.3 Å². The first-order valence-electron chi connectivity index (χ1n) is 6.80. The zero-order chi connectivity index (χ0) is 12.5. The molecule has 0 radical (unpaired) electrons. The van der Waals surface area contributed by atoms with Crippen LogP contribution >= 0.6 is 0 Å². The van der Waals surface area contributed by atoms with Crippen LogP contribution in [0.25, 0.3) is 0 Å². The van der Waals surface area contributed by atoms with E-state index in [1.807, 2.05) is 6.20 Å². The Hall–Kier alpha value is -0.830. The van der Waals surface area contributed by atoms with E-state index in [1.165, 1.54) is 12.2 Å². The van der Waals surface area contributed by atoms with Gasteiger partial charge >= 0.3 is 0 Å². The minimum Gasteiger partial charge on any atom is -0.335 e. The average molecular weight is 235 g/mol. The van der Waals surface area contributed by atoms with Gasteiger partial charge in [-0.1, -0.05) is 20.8 Å². The first kappa shape index (κ1) is 12.6. The Labute approximate surface area is 104 Å². The van der Waals surface area contributed by atoms with E-state index in [4.69, 9.17) is 5.73 Å². The van der Waals surface area contributed by atoms with Crippen molar-refractivity contribution < 1.29 is 0 Å². The van der Waals surface area contributed by atoms with Crippen LogP contribution in [0.1, 0.15) is 58.2 Å². The number of rotatable bonds is 3. The van der Waals surface area contributed by atoms with E-state index < -0.39 is 0 Å². The van der Waals surface area contributed by atoms with Crippen LogP contribution in [-0.2, 0) is 6.54 Å². The smallest absolute Gasteiger partial charge is 0.113 e. The van der Waals surface area contributed by atoms with Gasteiger partial charge in [-0.3, -0.25) is 0 Å². The van der Waals surface area contributed by atoms with E-state index in [2.05, 4.69) is 36.5 Å². The van der Waals surface area contributed by atoms with E-state index in [0.29, 0.717) is 11.3 Å². The summed E-state index contributed by atoms with van der Waals surface area (Å²) in [6.07, 6.45) is 8.67. The van der Waals surface area contributed by atoms with E-state index in [1.54, 1.807) is 0 Å². The van der Waals surface area contributed by atoms with Crippen molar-refractivity contribution in [2.45, 2.75) is 65.0 Å². The third kappa shape index (κ3) is 2.71. The van der Waals surface area contributed by atoms with Crippen molar-refractivity contribution in [2.24, 2.45) is 11.1 Å². The predicted octanol–water partition coefficient (Wildman–Crippen LogP) is 2.91. The minimum atomic E-state index is 0.279. The van der Waals surface area contributed by atoms with Crippen LogP contribution in [0.5, 0.6) is 0 Å². The Morgan fingerprint density at radius 3 is 3.00 bits per heavy atom. The van der Waals surface area contributed by atoms with Crippen LogP contribution in [0.15, 0.2) is 12.4 Å². The summed E-state index contributed by atoms with van der Waals surface area (Å²) in [5.41, 5.74) is 6.71. The molecule has 1 fully saturated rings. The number of nitrogens with zero attached hydrogens (tertiary/aromatic N) is 2. The molecular formula is C14H25N3. The van der Waals surface area contributed by atoms with Crippen molar-refractivity contribution in [1.29, 1.82) is 0 Å². The summed E-state index contributed by atoms with van der Waals surface area (Å²) < 4.78 is 2.28. The van der Waals surface area contributed by atoms with Crippen LogP contribution in [0.3, 0.4) is 0 Å². The second-order valence-corrected chi connectivity index (χ2v) is 6.16. The molecule has 1 aromatic heterocycles. The second-order valence-electron chi connectivity index (χ2n) is 6.16. The highest BCUT2D eigenvalue weighted by Gasteiger charge is 2.35. The normalized spacial score (nSPS) is 28.2. The monoisotopic (exact) mass is 235 g/mol. The number of nitrogens with two attached hydrogens (primary N) is 1. The molecule has 2 unspecified atom stereocenters. The van der Waals surface area contributed by atoms with Crippen molar-refractivity contribution in [2.75, 3.05) is 0 Å². The van der Waals surface area contributed by atoms with Gasteiger partial charge in [-0.2, -0.15) is 0 Å². The fraction of sp³-hybridized carbons (Fsp3) is 0.786. The standard InChI is InChI=1S/C14H25N3/c1-4-8-17-9-7-16-13(17)11-10-14(2,3)6-5-12(11)15/h7,9,11-12H,4-6,8,10,15H2,1-3H3. The van der Waals surface area contributed by atoms with Gasteiger partial charge in [0.05, 0.1) is 0 Å². The highest BCUT2D eigenvalue weighted by molar-refractivity contribution is 5.08. The minimum absolute atomic E-state index is 0.279. The number of hydrogen-bond donors (Lipinski definition) is 1. The lowest BCUT2D eigenvalue weighted by Gasteiger charge is -2.39. The summed E-state index contributed by atoms with van der Waals surface area (Å²) in [5, 5.41) is 0. The highest BCUT2D eigenvalue weighted by Crippen LogP contribution is 2.42. The SMILES string of the molecule is CCCn1ccnc1C1CC(C)(C)CCC1N. The summed E-state index contributed by atoms with van der Waals surface area (Å²) in [7, 11) is 0. The Bertz CT molecular complexity index is 367. The van der Waals surface area contributed by atoms with Gasteiger partial charge in [0.15, 0.2) is 0 Å². The fourth-order valence-corrected chi connectivity index (χ4v) is 2.97. The largest absolute Gasteiger partial charge is 0.335 e. The summed E-state index contributed by atoms with van der Waals surface area (Å²) in [4.78, 5) is 4.56. The molecule has 0 spiro atoms. The lowest BCUT2D eigenvalue weighted by molar-refractivity contribution is 0.191. The van der Waals surface area contributed by atoms with Crippen molar-refractivity contribution in [1.82, 2.24) is 9.55 Å². The summed E-state index contributed by atoms with van der Waals surface area (Å²) >= 11 is 0. The lowest BCUT2D eigenvalue weighted by atomic mass is 9.70. The quantitative estimate of drug-likeness (QED) is 0.875. The number of aromatic nitrogens is 2. The first-order chi connectivity index (χ1) is 8.03. The predicted molar refractivity (Wildman–Crippen MR) is 70.9 cm³/mol. The fourth-order valence-electron chi connectivity index (χ4n) is 2.97. The maximum absolute atomic E-state index is 6.30. The van der Waals surface area contributed by atoms with Gasteiger partial charge in [-0.05, 0) is 31.1 Å². The molecule has 2 atom stereocenters. The molecule has 1 aliphatic carbocycles. The summed E-state index contributed by atoms with van der Waals surface area (Å²) in [5.74, 6) is 1.63. The van der Waals surface area contributed by atoms with Gasteiger partial charge in [0, 0.05) is 30.9 Å². The third-order valence-electron chi connectivity index (χ3n) is 3.99. The molecule has 3 nitrogen and oxygen atoms in total. The maximum atomic E-state index is 6.30. The van der Waals surface area contributed by atoms with Gasteiger partial charge in [-0.15, -0.1) is 0 Å². The molecule has 1 heterocycles. The molecule has 3 heteroatoms. The zero-order valence-electron chi connectivity index (χ0n) is 11.3. The second kappa shape index (κ2) is 4.81. The van der Waals surface area contributed by atoms with Crippen LogP contribution in [0.2, 0.25) is 0 Å². The topological polar surface area (TPSA) is 43.8 Å². The molecule has 0 amide bonds. The van der Waals surface area contributed by atoms with E-state index in [9.17, 15) is 0 Å². The molecule has 0 saturated heterocycles. The Balaban J connectivity index is 2.21. The van der Waals surface area contributed by atoms with Crippen LogP contribution < -0.4 is 5.73 Å². The lowest BCUT2D eigenvalue weighted by Crippen LogP contribution is -2.38. The first-order valence-corrected chi connectivity index (χ1v) is 6.80. The van der Waals surface area contributed by atoms with Gasteiger partial charge in [-0.25, -0.2) is 4.98 Å². The van der Waals surface area contributed by atoms with Crippen molar-refractivity contribution in [3.8, 4) is 0 Å². The Morgan fingerprint density at radius 2 is 2.29 bits per heavy atom. The molecule has 2 N–H and O–H groups in total. The molecule has 2 rings (SSSR count). The highest BCUT2D eigenvalue weighted by atomic mass is 15.1. The van der Waals surface area contributed by atoms with Gasteiger partial charge in [0.2, 0.25) is 0 Å². The molecule has 0 bridgehead atoms. The van der Waals surface area contributed by atoms with E-state index >= 15 is 0 Å². The summed E-state index contributed by atoms with van der Waals surface area (Å²) in [6, 6.07) is 0.279. The Kier molecular flexibility index (Phi) is 3.57. The molecule has 1 aromatic rings. The molecule has 0 aromatic carbocycles. The van der Waals surface area contributed by atoms with E-state index in [0.717, 1.165) is 25.8 Å². The van der Waals surface area contributed by atoms with Crippen LogP contribution in [0.4, 0.5) is 0 Å².